The lowest BCUT2D eigenvalue weighted by Crippen LogP contribution is -2.50. The lowest BCUT2D eigenvalue weighted by atomic mass is 10.0. The zero-order valence-corrected chi connectivity index (χ0v) is 10.8. The summed E-state index contributed by atoms with van der Waals surface area (Å²) >= 11 is 0. The molecule has 1 rings (SSSR count). The Morgan fingerprint density at radius 2 is 2.06 bits per heavy atom. The van der Waals surface area contributed by atoms with Gasteiger partial charge >= 0.3 is 6.09 Å². The summed E-state index contributed by atoms with van der Waals surface area (Å²) in [5.41, 5.74) is -0.329. The first-order chi connectivity index (χ1) is 7.32. The fraction of sp³-hybridized carbons (Fsp3) is 0.917. The number of carboxylic acid groups (broad SMARTS) is 1. The van der Waals surface area contributed by atoms with Crippen LogP contribution in [0.5, 0.6) is 0 Å². The van der Waals surface area contributed by atoms with E-state index in [2.05, 4.69) is 5.32 Å². The third-order valence-corrected chi connectivity index (χ3v) is 2.94. The van der Waals surface area contributed by atoms with Gasteiger partial charge in [0, 0.05) is 17.6 Å². The molecule has 1 aliphatic carbocycles. The Balaban J connectivity index is 2.39. The highest BCUT2D eigenvalue weighted by Crippen LogP contribution is 2.21. The van der Waals surface area contributed by atoms with Gasteiger partial charge in [0.2, 0.25) is 0 Å². The molecule has 0 saturated heterocycles. The molecule has 16 heavy (non-hydrogen) atoms. The first-order valence-corrected chi connectivity index (χ1v) is 6.08. The van der Waals surface area contributed by atoms with Crippen LogP contribution < -0.4 is 5.32 Å². The van der Waals surface area contributed by atoms with Crippen molar-refractivity contribution in [1.82, 2.24) is 10.2 Å². The topological polar surface area (TPSA) is 52.6 Å². The van der Waals surface area contributed by atoms with Crippen LogP contribution in [-0.2, 0) is 0 Å². The first-order valence-electron chi connectivity index (χ1n) is 6.08. The molecule has 0 radical (unpaired) electrons. The Morgan fingerprint density at radius 1 is 1.50 bits per heavy atom. The summed E-state index contributed by atoms with van der Waals surface area (Å²) in [4.78, 5) is 12.7. The minimum Gasteiger partial charge on any atom is -0.465 e. The molecule has 0 unspecified atom stereocenters. The van der Waals surface area contributed by atoms with Gasteiger partial charge in [0.25, 0.3) is 0 Å². The number of nitrogens with zero attached hydrogens (tertiary/aromatic N) is 1. The van der Waals surface area contributed by atoms with Crippen LogP contribution in [0.4, 0.5) is 4.79 Å². The Morgan fingerprint density at radius 3 is 2.44 bits per heavy atom. The number of hydrogen-bond donors (Lipinski definition) is 2. The van der Waals surface area contributed by atoms with E-state index in [1.807, 2.05) is 27.7 Å². The normalized spacial score (nSPS) is 18.2. The zero-order chi connectivity index (χ0) is 12.3. The number of nitrogens with one attached hydrogen (secondary N) is 1. The summed E-state index contributed by atoms with van der Waals surface area (Å²) in [5.74, 6) is 0. The van der Waals surface area contributed by atoms with Crippen LogP contribution in [0.25, 0.3) is 0 Å². The van der Waals surface area contributed by atoms with Gasteiger partial charge < -0.3 is 15.3 Å². The van der Waals surface area contributed by atoms with Crippen LogP contribution in [0.3, 0.4) is 0 Å². The van der Waals surface area contributed by atoms with Crippen molar-refractivity contribution in [2.24, 2.45) is 0 Å². The predicted molar refractivity (Wildman–Crippen MR) is 64.7 cm³/mol. The molecule has 1 saturated carbocycles. The number of rotatable bonds is 5. The summed E-state index contributed by atoms with van der Waals surface area (Å²) in [5, 5.41) is 12.6. The molecule has 0 aliphatic heterocycles. The van der Waals surface area contributed by atoms with Gasteiger partial charge in [0.05, 0.1) is 0 Å². The molecule has 4 heteroatoms. The van der Waals surface area contributed by atoms with Gasteiger partial charge in [0.1, 0.15) is 0 Å². The van der Waals surface area contributed by atoms with Gasteiger partial charge in [0.15, 0.2) is 0 Å². The summed E-state index contributed by atoms with van der Waals surface area (Å²) in [6.07, 6.45) is 2.60. The molecule has 2 N–H and O–H groups in total. The standard InChI is InChI=1S/C12H24N2O2/c1-9(7-8-13-10-5-6-10)14(11(15)16)12(2,3)4/h9-10,13H,5-8H2,1-4H3,(H,15,16)/t9-/m0/s1. The minimum atomic E-state index is -0.827. The summed E-state index contributed by atoms with van der Waals surface area (Å²) < 4.78 is 0. The third kappa shape index (κ3) is 4.00. The van der Waals surface area contributed by atoms with E-state index in [1.54, 1.807) is 4.90 Å². The molecule has 0 spiro atoms. The van der Waals surface area contributed by atoms with Crippen molar-refractivity contribution in [2.45, 2.75) is 64.6 Å². The van der Waals surface area contributed by atoms with Crippen molar-refractivity contribution in [1.29, 1.82) is 0 Å². The van der Waals surface area contributed by atoms with Gasteiger partial charge in [-0.15, -0.1) is 0 Å². The lowest BCUT2D eigenvalue weighted by Gasteiger charge is -2.38. The molecule has 1 amide bonds. The highest BCUT2D eigenvalue weighted by molar-refractivity contribution is 5.66. The van der Waals surface area contributed by atoms with E-state index in [9.17, 15) is 9.90 Å². The quantitative estimate of drug-likeness (QED) is 0.759. The maximum atomic E-state index is 11.2. The summed E-state index contributed by atoms with van der Waals surface area (Å²) in [6.45, 7) is 8.70. The average molecular weight is 228 g/mol. The zero-order valence-electron chi connectivity index (χ0n) is 10.8. The van der Waals surface area contributed by atoms with Gasteiger partial charge in [-0.2, -0.15) is 0 Å². The molecule has 0 heterocycles. The van der Waals surface area contributed by atoms with E-state index in [0.29, 0.717) is 6.04 Å². The van der Waals surface area contributed by atoms with E-state index >= 15 is 0 Å². The second kappa shape index (κ2) is 5.04. The molecule has 0 aromatic rings. The van der Waals surface area contributed by atoms with Crippen molar-refractivity contribution in [3.63, 3.8) is 0 Å². The molecule has 0 aromatic carbocycles. The van der Waals surface area contributed by atoms with E-state index in [1.165, 1.54) is 12.8 Å². The highest BCUT2D eigenvalue weighted by atomic mass is 16.4. The van der Waals surface area contributed by atoms with E-state index < -0.39 is 6.09 Å². The summed E-state index contributed by atoms with van der Waals surface area (Å²) in [7, 11) is 0. The van der Waals surface area contributed by atoms with E-state index in [4.69, 9.17) is 0 Å². The van der Waals surface area contributed by atoms with Crippen LogP contribution in [0.1, 0.15) is 47.0 Å². The smallest absolute Gasteiger partial charge is 0.407 e. The Bertz CT molecular complexity index is 244. The predicted octanol–water partition coefficient (Wildman–Crippen LogP) is 2.30. The fourth-order valence-electron chi connectivity index (χ4n) is 2.05. The molecule has 1 atom stereocenters. The minimum absolute atomic E-state index is 0.0590. The number of amides is 1. The number of hydrogen-bond acceptors (Lipinski definition) is 2. The molecule has 1 aliphatic rings. The second-order valence-corrected chi connectivity index (χ2v) is 5.69. The van der Waals surface area contributed by atoms with Crippen molar-refractivity contribution < 1.29 is 9.90 Å². The molecular formula is C12H24N2O2. The van der Waals surface area contributed by atoms with Crippen LogP contribution in [0.2, 0.25) is 0 Å². The van der Waals surface area contributed by atoms with Crippen LogP contribution in [0, 0.1) is 0 Å². The van der Waals surface area contributed by atoms with Gasteiger partial charge in [-0.1, -0.05) is 0 Å². The van der Waals surface area contributed by atoms with Gasteiger partial charge in [-0.25, -0.2) is 4.79 Å². The molecule has 94 valence electrons. The SMILES string of the molecule is C[C@@H](CCNC1CC1)N(C(=O)O)C(C)(C)C. The van der Waals surface area contributed by atoms with Crippen LogP contribution >= 0.6 is 0 Å². The Labute approximate surface area is 98.0 Å². The van der Waals surface area contributed by atoms with Crippen molar-refractivity contribution in [3.8, 4) is 0 Å². The monoisotopic (exact) mass is 228 g/mol. The first kappa shape index (κ1) is 13.3. The molecule has 0 aromatic heterocycles. The lowest BCUT2D eigenvalue weighted by molar-refractivity contribution is 0.0729. The van der Waals surface area contributed by atoms with Gasteiger partial charge in [-0.05, 0) is 53.5 Å². The highest BCUT2D eigenvalue weighted by Gasteiger charge is 2.30. The van der Waals surface area contributed by atoms with Crippen LogP contribution in [-0.4, -0.2) is 40.3 Å². The molecular weight excluding hydrogens is 204 g/mol. The molecule has 0 bridgehead atoms. The molecule has 4 nitrogen and oxygen atoms in total. The second-order valence-electron chi connectivity index (χ2n) is 5.69. The largest absolute Gasteiger partial charge is 0.465 e. The Hall–Kier alpha value is -0.770. The van der Waals surface area contributed by atoms with Crippen molar-refractivity contribution in [2.75, 3.05) is 6.54 Å². The molecule has 1 fully saturated rings. The van der Waals surface area contributed by atoms with E-state index in [-0.39, 0.29) is 11.6 Å². The van der Waals surface area contributed by atoms with Crippen molar-refractivity contribution >= 4 is 6.09 Å². The maximum absolute atomic E-state index is 11.2. The van der Waals surface area contributed by atoms with Crippen molar-refractivity contribution in [3.05, 3.63) is 0 Å². The maximum Gasteiger partial charge on any atom is 0.407 e. The third-order valence-electron chi connectivity index (χ3n) is 2.94. The van der Waals surface area contributed by atoms with Gasteiger partial charge in [-0.3, -0.25) is 0 Å². The summed E-state index contributed by atoms with van der Waals surface area (Å²) in [6, 6.07) is 0.754. The Kier molecular flexibility index (Phi) is 4.19. The average Bonchev–Trinajstić information content (AvgIpc) is 2.83. The fourth-order valence-corrected chi connectivity index (χ4v) is 2.05. The van der Waals surface area contributed by atoms with Crippen LogP contribution in [0.15, 0.2) is 0 Å². The number of carbonyl (C=O) groups is 1. The van der Waals surface area contributed by atoms with E-state index in [0.717, 1.165) is 13.0 Å².